The van der Waals surface area contributed by atoms with E-state index in [1.165, 1.54) is 0 Å². The van der Waals surface area contributed by atoms with Crippen molar-refractivity contribution in [3.05, 3.63) is 49.3 Å². The van der Waals surface area contributed by atoms with Gasteiger partial charge in [-0.25, -0.2) is 9.97 Å². The molecule has 0 unspecified atom stereocenters. The van der Waals surface area contributed by atoms with E-state index in [0.717, 1.165) is 24.5 Å². The summed E-state index contributed by atoms with van der Waals surface area (Å²) in [6.45, 7) is 1.63. The van der Waals surface area contributed by atoms with Crippen molar-refractivity contribution >= 4 is 0 Å². The number of imidazole rings is 2. The lowest BCUT2D eigenvalue weighted by Gasteiger charge is -2.14. The zero-order valence-corrected chi connectivity index (χ0v) is 12.6. The van der Waals surface area contributed by atoms with Crippen molar-refractivity contribution in [1.29, 1.82) is 0 Å². The maximum absolute atomic E-state index is 5.50. The number of hydrogen-bond donors (Lipinski definition) is 0. The summed E-state index contributed by atoms with van der Waals surface area (Å²) in [5.74, 6) is 2.25. The van der Waals surface area contributed by atoms with Crippen LogP contribution in [0.5, 0.6) is 11.5 Å². The van der Waals surface area contributed by atoms with E-state index in [9.17, 15) is 0 Å². The number of aromatic nitrogens is 4. The Morgan fingerprint density at radius 3 is 2.68 bits per heavy atom. The highest BCUT2D eigenvalue weighted by Crippen LogP contribution is 2.36. The van der Waals surface area contributed by atoms with Gasteiger partial charge in [0.25, 0.3) is 0 Å². The van der Waals surface area contributed by atoms with Crippen molar-refractivity contribution in [3.63, 3.8) is 0 Å². The standard InChI is InChI=1S/C16H18N4O2/c1-21-14-5-3-4-13(15(14)22-2)16-18-7-9-20(16)11-10-19-8-6-17-12-19/h3-9,12H,10-11H2,1-2H3. The summed E-state index contributed by atoms with van der Waals surface area (Å²) in [7, 11) is 3.27. The molecule has 0 bridgehead atoms. The molecular weight excluding hydrogens is 280 g/mol. The van der Waals surface area contributed by atoms with Crippen molar-refractivity contribution in [3.8, 4) is 22.9 Å². The van der Waals surface area contributed by atoms with Gasteiger partial charge >= 0.3 is 0 Å². The van der Waals surface area contributed by atoms with E-state index in [-0.39, 0.29) is 0 Å². The average molecular weight is 298 g/mol. The third kappa shape index (κ3) is 2.67. The fraction of sp³-hybridized carbons (Fsp3) is 0.250. The van der Waals surface area contributed by atoms with Crippen molar-refractivity contribution in [2.75, 3.05) is 14.2 Å². The van der Waals surface area contributed by atoms with Gasteiger partial charge in [-0.3, -0.25) is 0 Å². The molecule has 0 atom stereocenters. The summed E-state index contributed by atoms with van der Waals surface area (Å²) in [5.41, 5.74) is 0.914. The Bertz CT molecular complexity index is 734. The molecule has 114 valence electrons. The number of methoxy groups -OCH3 is 2. The van der Waals surface area contributed by atoms with Gasteiger partial charge in [0.1, 0.15) is 5.82 Å². The lowest BCUT2D eigenvalue weighted by atomic mass is 10.1. The van der Waals surface area contributed by atoms with Gasteiger partial charge in [0, 0.05) is 37.9 Å². The van der Waals surface area contributed by atoms with Gasteiger partial charge < -0.3 is 18.6 Å². The van der Waals surface area contributed by atoms with E-state index in [1.807, 2.05) is 41.5 Å². The van der Waals surface area contributed by atoms with Crippen LogP contribution in [0, 0.1) is 0 Å². The van der Waals surface area contributed by atoms with Gasteiger partial charge in [0.15, 0.2) is 11.5 Å². The molecular formula is C16H18N4O2. The number of para-hydroxylation sites is 1. The maximum Gasteiger partial charge on any atom is 0.171 e. The van der Waals surface area contributed by atoms with Gasteiger partial charge in [-0.05, 0) is 12.1 Å². The second kappa shape index (κ2) is 6.34. The van der Waals surface area contributed by atoms with Gasteiger partial charge in [0.2, 0.25) is 0 Å². The highest BCUT2D eigenvalue weighted by molar-refractivity contribution is 5.69. The number of nitrogens with zero attached hydrogens (tertiary/aromatic N) is 4. The molecule has 0 N–H and O–H groups in total. The van der Waals surface area contributed by atoms with Crippen molar-refractivity contribution < 1.29 is 9.47 Å². The Kier molecular flexibility index (Phi) is 4.09. The van der Waals surface area contributed by atoms with Crippen LogP contribution in [0.2, 0.25) is 0 Å². The first-order valence-corrected chi connectivity index (χ1v) is 7.01. The van der Waals surface area contributed by atoms with Gasteiger partial charge in [-0.15, -0.1) is 0 Å². The molecule has 6 heteroatoms. The minimum Gasteiger partial charge on any atom is -0.493 e. The van der Waals surface area contributed by atoms with Crippen LogP contribution >= 0.6 is 0 Å². The van der Waals surface area contributed by atoms with Crippen LogP contribution in [0.25, 0.3) is 11.4 Å². The van der Waals surface area contributed by atoms with Crippen LogP contribution in [-0.4, -0.2) is 33.3 Å². The molecule has 3 aromatic rings. The van der Waals surface area contributed by atoms with Crippen LogP contribution in [0.15, 0.2) is 49.3 Å². The summed E-state index contributed by atoms with van der Waals surface area (Å²) in [6, 6.07) is 5.80. The molecule has 0 saturated carbocycles. The molecule has 0 spiro atoms. The average Bonchev–Trinajstić information content (AvgIpc) is 3.23. The summed E-state index contributed by atoms with van der Waals surface area (Å²) >= 11 is 0. The maximum atomic E-state index is 5.50. The molecule has 2 aromatic heterocycles. The number of aryl methyl sites for hydroxylation is 2. The van der Waals surface area contributed by atoms with Crippen molar-refractivity contribution in [2.24, 2.45) is 0 Å². The molecule has 1 aromatic carbocycles. The number of rotatable bonds is 6. The highest BCUT2D eigenvalue weighted by Gasteiger charge is 2.15. The molecule has 0 saturated heterocycles. The first-order chi connectivity index (χ1) is 10.8. The third-order valence-corrected chi connectivity index (χ3v) is 3.52. The highest BCUT2D eigenvalue weighted by atomic mass is 16.5. The van der Waals surface area contributed by atoms with E-state index in [1.54, 1.807) is 26.6 Å². The molecule has 0 radical (unpaired) electrons. The predicted octanol–water partition coefficient (Wildman–Crippen LogP) is 2.46. The van der Waals surface area contributed by atoms with Crippen LogP contribution in [0.3, 0.4) is 0 Å². The van der Waals surface area contributed by atoms with Gasteiger partial charge in [-0.1, -0.05) is 6.07 Å². The molecule has 0 aliphatic rings. The van der Waals surface area contributed by atoms with Gasteiger partial charge in [-0.2, -0.15) is 0 Å². The zero-order chi connectivity index (χ0) is 15.4. The first kappa shape index (κ1) is 14.2. The lowest BCUT2D eigenvalue weighted by molar-refractivity contribution is 0.356. The number of benzene rings is 1. The summed E-state index contributed by atoms with van der Waals surface area (Å²) in [5, 5.41) is 0. The minimum absolute atomic E-state index is 0.695. The largest absolute Gasteiger partial charge is 0.493 e. The fourth-order valence-electron chi connectivity index (χ4n) is 2.44. The quantitative estimate of drug-likeness (QED) is 0.701. The zero-order valence-electron chi connectivity index (χ0n) is 12.6. The van der Waals surface area contributed by atoms with Crippen LogP contribution in [0.1, 0.15) is 0 Å². The second-order valence-corrected chi connectivity index (χ2v) is 4.79. The van der Waals surface area contributed by atoms with E-state index in [2.05, 4.69) is 14.5 Å². The molecule has 0 aliphatic carbocycles. The second-order valence-electron chi connectivity index (χ2n) is 4.79. The Morgan fingerprint density at radius 2 is 1.95 bits per heavy atom. The van der Waals surface area contributed by atoms with Crippen molar-refractivity contribution in [2.45, 2.75) is 13.1 Å². The SMILES string of the molecule is COc1cccc(-c2nccn2CCn2ccnc2)c1OC. The third-order valence-electron chi connectivity index (χ3n) is 3.52. The Balaban J connectivity index is 1.91. The monoisotopic (exact) mass is 298 g/mol. The summed E-state index contributed by atoms with van der Waals surface area (Å²) in [6.07, 6.45) is 9.29. The van der Waals surface area contributed by atoms with E-state index >= 15 is 0 Å². The summed E-state index contributed by atoms with van der Waals surface area (Å²) in [4.78, 5) is 8.53. The van der Waals surface area contributed by atoms with Crippen LogP contribution in [0.4, 0.5) is 0 Å². The number of ether oxygens (including phenoxy) is 2. The first-order valence-electron chi connectivity index (χ1n) is 7.01. The Hall–Kier alpha value is -2.76. The Morgan fingerprint density at radius 1 is 1.05 bits per heavy atom. The molecule has 6 nitrogen and oxygen atoms in total. The molecule has 0 amide bonds. The predicted molar refractivity (Wildman–Crippen MR) is 83.0 cm³/mol. The van der Waals surface area contributed by atoms with Crippen LogP contribution in [-0.2, 0) is 13.1 Å². The van der Waals surface area contributed by atoms with Crippen molar-refractivity contribution in [1.82, 2.24) is 19.1 Å². The lowest BCUT2D eigenvalue weighted by Crippen LogP contribution is -2.07. The van der Waals surface area contributed by atoms with Gasteiger partial charge in [0.05, 0.1) is 26.1 Å². The van der Waals surface area contributed by atoms with E-state index in [0.29, 0.717) is 11.5 Å². The van der Waals surface area contributed by atoms with E-state index in [4.69, 9.17) is 9.47 Å². The minimum atomic E-state index is 0.695. The molecule has 3 rings (SSSR count). The molecule has 2 heterocycles. The van der Waals surface area contributed by atoms with E-state index < -0.39 is 0 Å². The summed E-state index contributed by atoms with van der Waals surface area (Å²) < 4.78 is 15.0. The fourth-order valence-corrected chi connectivity index (χ4v) is 2.44. The van der Waals surface area contributed by atoms with Crippen LogP contribution < -0.4 is 9.47 Å². The normalized spacial score (nSPS) is 10.6. The topological polar surface area (TPSA) is 54.1 Å². The molecule has 0 aliphatic heterocycles. The Labute approximate surface area is 129 Å². The molecule has 22 heavy (non-hydrogen) atoms. The molecule has 0 fully saturated rings. The number of hydrogen-bond acceptors (Lipinski definition) is 4. The smallest absolute Gasteiger partial charge is 0.171 e.